The molecule has 1 heterocycles. The van der Waals surface area contributed by atoms with E-state index in [1.165, 1.54) is 11.3 Å². The van der Waals surface area contributed by atoms with Gasteiger partial charge >= 0.3 is 5.97 Å². The van der Waals surface area contributed by atoms with Crippen LogP contribution in [0.4, 0.5) is 5.13 Å². The lowest BCUT2D eigenvalue weighted by Gasteiger charge is -2.12. The zero-order valence-corrected chi connectivity index (χ0v) is 11.2. The van der Waals surface area contributed by atoms with Crippen LogP contribution < -0.4 is 10.6 Å². The summed E-state index contributed by atoms with van der Waals surface area (Å²) in [4.78, 5) is 26.5. The highest BCUT2D eigenvalue weighted by Crippen LogP contribution is 2.13. The van der Waals surface area contributed by atoms with Crippen molar-refractivity contribution in [3.8, 4) is 0 Å². The number of anilines is 1. The molecule has 0 saturated heterocycles. The number of rotatable bonds is 7. The van der Waals surface area contributed by atoms with E-state index in [1.54, 1.807) is 0 Å². The molecule has 0 aliphatic rings. The summed E-state index contributed by atoms with van der Waals surface area (Å²) in [6.45, 7) is 3.71. The predicted molar refractivity (Wildman–Crippen MR) is 69.8 cm³/mol. The summed E-state index contributed by atoms with van der Waals surface area (Å²) in [5.74, 6) is -1.22. The van der Waals surface area contributed by atoms with Crippen LogP contribution in [-0.4, -0.2) is 34.6 Å². The van der Waals surface area contributed by atoms with Crippen LogP contribution in [0.2, 0.25) is 0 Å². The van der Waals surface area contributed by atoms with Crippen LogP contribution in [-0.2, 0) is 9.59 Å². The van der Waals surface area contributed by atoms with Gasteiger partial charge in [0.25, 0.3) is 0 Å². The Morgan fingerprint density at radius 1 is 1.56 bits per heavy atom. The summed E-state index contributed by atoms with van der Waals surface area (Å²) < 4.78 is 0. The quantitative estimate of drug-likeness (QED) is 0.694. The number of carbonyl (C=O) groups is 2. The number of carboxylic acids is 1. The average Bonchev–Trinajstić information content (AvgIpc) is 2.69. The van der Waals surface area contributed by atoms with Crippen molar-refractivity contribution in [1.82, 2.24) is 10.3 Å². The van der Waals surface area contributed by atoms with Crippen LogP contribution in [0, 0.1) is 6.92 Å². The lowest BCUT2D eigenvalue weighted by atomic mass is 10.2. The summed E-state index contributed by atoms with van der Waals surface area (Å²) in [5.41, 5.74) is 0.845. The second-order valence-electron chi connectivity index (χ2n) is 3.90. The number of thiazole rings is 1. The second kappa shape index (κ2) is 7.07. The van der Waals surface area contributed by atoms with Crippen LogP contribution in [0.3, 0.4) is 0 Å². The van der Waals surface area contributed by atoms with Crippen molar-refractivity contribution in [2.45, 2.75) is 32.7 Å². The van der Waals surface area contributed by atoms with Crippen LogP contribution in [0.1, 0.15) is 25.5 Å². The van der Waals surface area contributed by atoms with Gasteiger partial charge in [0.15, 0.2) is 5.13 Å². The number of aryl methyl sites for hydroxylation is 1. The number of carbonyl (C=O) groups excluding carboxylic acids is 1. The molecule has 0 aliphatic carbocycles. The van der Waals surface area contributed by atoms with Crippen molar-refractivity contribution in [2.24, 2.45) is 0 Å². The van der Waals surface area contributed by atoms with Gasteiger partial charge in [-0.2, -0.15) is 0 Å². The first kappa shape index (κ1) is 14.6. The number of aromatic nitrogens is 1. The molecule has 1 unspecified atom stereocenters. The second-order valence-corrected chi connectivity index (χ2v) is 4.76. The van der Waals surface area contributed by atoms with Crippen LogP contribution in [0.5, 0.6) is 0 Å². The van der Waals surface area contributed by atoms with Crippen molar-refractivity contribution in [3.05, 3.63) is 11.1 Å². The molecule has 0 spiro atoms. The van der Waals surface area contributed by atoms with Gasteiger partial charge in [-0.25, -0.2) is 4.98 Å². The minimum atomic E-state index is -0.935. The minimum Gasteiger partial charge on any atom is -0.480 e. The number of carboxylic acid groups (broad SMARTS) is 1. The highest BCUT2D eigenvalue weighted by atomic mass is 32.1. The Morgan fingerprint density at radius 3 is 2.78 bits per heavy atom. The van der Waals surface area contributed by atoms with Gasteiger partial charge in [-0.1, -0.05) is 13.3 Å². The molecule has 1 atom stereocenters. The van der Waals surface area contributed by atoms with E-state index in [1.807, 2.05) is 19.2 Å². The normalized spacial score (nSPS) is 12.1. The van der Waals surface area contributed by atoms with Gasteiger partial charge in [-0.05, 0) is 13.3 Å². The van der Waals surface area contributed by atoms with E-state index in [9.17, 15) is 9.59 Å². The molecule has 100 valence electrons. The Labute approximate surface area is 109 Å². The molecule has 1 rings (SSSR count). The summed E-state index contributed by atoms with van der Waals surface area (Å²) in [5, 5.41) is 16.6. The molecule has 0 aliphatic heterocycles. The summed E-state index contributed by atoms with van der Waals surface area (Å²) in [6.07, 6.45) is 1.25. The lowest BCUT2D eigenvalue weighted by Crippen LogP contribution is -2.41. The van der Waals surface area contributed by atoms with E-state index in [-0.39, 0.29) is 12.5 Å². The fraction of sp³-hybridized carbons (Fsp3) is 0.545. The molecule has 0 bridgehead atoms. The van der Waals surface area contributed by atoms with E-state index in [4.69, 9.17) is 5.11 Å². The summed E-state index contributed by atoms with van der Waals surface area (Å²) in [6, 6.07) is -0.682. The highest BCUT2D eigenvalue weighted by Gasteiger charge is 2.16. The maximum Gasteiger partial charge on any atom is 0.320 e. The molecule has 3 N–H and O–H groups in total. The van der Waals surface area contributed by atoms with Gasteiger partial charge in [0, 0.05) is 5.38 Å². The first-order chi connectivity index (χ1) is 8.52. The molecule has 1 amide bonds. The zero-order chi connectivity index (χ0) is 13.5. The minimum absolute atomic E-state index is 0.0321. The number of amides is 1. The molecular formula is C11H17N3O3S. The molecular weight excluding hydrogens is 254 g/mol. The third-order valence-electron chi connectivity index (χ3n) is 2.25. The third-order valence-corrected chi connectivity index (χ3v) is 3.13. The largest absolute Gasteiger partial charge is 0.480 e. The van der Waals surface area contributed by atoms with Crippen molar-refractivity contribution in [2.75, 3.05) is 11.9 Å². The zero-order valence-electron chi connectivity index (χ0n) is 10.4. The highest BCUT2D eigenvalue weighted by molar-refractivity contribution is 7.13. The monoisotopic (exact) mass is 271 g/mol. The Bertz CT molecular complexity index is 419. The number of nitrogens with zero attached hydrogens (tertiary/aromatic N) is 1. The molecule has 7 heteroatoms. The first-order valence-corrected chi connectivity index (χ1v) is 6.59. The number of hydrogen-bond acceptors (Lipinski definition) is 5. The number of aliphatic carboxylic acids is 1. The van der Waals surface area contributed by atoms with Gasteiger partial charge in [-0.15, -0.1) is 11.3 Å². The Hall–Kier alpha value is -1.47. The van der Waals surface area contributed by atoms with Gasteiger partial charge < -0.3 is 10.4 Å². The van der Waals surface area contributed by atoms with E-state index in [0.29, 0.717) is 11.6 Å². The third kappa shape index (κ3) is 4.80. The molecule has 18 heavy (non-hydrogen) atoms. The van der Waals surface area contributed by atoms with E-state index in [0.717, 1.165) is 12.1 Å². The van der Waals surface area contributed by atoms with Gasteiger partial charge in [0.05, 0.1) is 12.2 Å². The van der Waals surface area contributed by atoms with Crippen LogP contribution >= 0.6 is 11.3 Å². The maximum absolute atomic E-state index is 11.6. The van der Waals surface area contributed by atoms with E-state index < -0.39 is 12.0 Å². The Kier molecular flexibility index (Phi) is 5.73. The average molecular weight is 271 g/mol. The SMILES string of the molecule is CCCC(NCC(=O)Nc1nc(C)cs1)C(=O)O. The van der Waals surface area contributed by atoms with Crippen LogP contribution in [0.15, 0.2) is 5.38 Å². The van der Waals surface area contributed by atoms with E-state index >= 15 is 0 Å². The first-order valence-electron chi connectivity index (χ1n) is 5.71. The molecule has 0 saturated carbocycles. The molecule has 0 fully saturated rings. The smallest absolute Gasteiger partial charge is 0.320 e. The number of hydrogen-bond donors (Lipinski definition) is 3. The Balaban J connectivity index is 2.38. The van der Waals surface area contributed by atoms with Gasteiger partial charge in [0.2, 0.25) is 5.91 Å². The van der Waals surface area contributed by atoms with E-state index in [2.05, 4.69) is 15.6 Å². The van der Waals surface area contributed by atoms with Crippen molar-refractivity contribution < 1.29 is 14.7 Å². The van der Waals surface area contributed by atoms with Crippen molar-refractivity contribution in [1.29, 1.82) is 0 Å². The lowest BCUT2D eigenvalue weighted by molar-refractivity contribution is -0.139. The van der Waals surface area contributed by atoms with Crippen molar-refractivity contribution in [3.63, 3.8) is 0 Å². The topological polar surface area (TPSA) is 91.3 Å². The fourth-order valence-electron chi connectivity index (χ4n) is 1.39. The number of nitrogens with one attached hydrogen (secondary N) is 2. The molecule has 0 aromatic carbocycles. The molecule has 0 radical (unpaired) electrons. The van der Waals surface area contributed by atoms with Crippen LogP contribution in [0.25, 0.3) is 0 Å². The Morgan fingerprint density at radius 2 is 2.28 bits per heavy atom. The maximum atomic E-state index is 11.6. The summed E-state index contributed by atoms with van der Waals surface area (Å²) >= 11 is 1.34. The van der Waals surface area contributed by atoms with Crippen molar-refractivity contribution >= 4 is 28.3 Å². The molecule has 1 aromatic heterocycles. The predicted octanol–water partition coefficient (Wildman–Crippen LogP) is 1.23. The molecule has 6 nitrogen and oxygen atoms in total. The fourth-order valence-corrected chi connectivity index (χ4v) is 2.10. The summed E-state index contributed by atoms with van der Waals surface area (Å²) in [7, 11) is 0. The standard InChI is InChI=1S/C11H17N3O3S/c1-3-4-8(10(16)17)12-5-9(15)14-11-13-7(2)6-18-11/h6,8,12H,3-5H2,1-2H3,(H,16,17)(H,13,14,15). The van der Waals surface area contributed by atoms with Gasteiger partial charge in [0.1, 0.15) is 6.04 Å². The molecule has 1 aromatic rings. The van der Waals surface area contributed by atoms with Gasteiger partial charge in [-0.3, -0.25) is 14.9 Å².